The second kappa shape index (κ2) is 9.37. The van der Waals surface area contributed by atoms with E-state index in [0.717, 1.165) is 17.4 Å². The average Bonchev–Trinajstić information content (AvgIpc) is 2.76. The Morgan fingerprint density at radius 3 is 1.80 bits per heavy atom. The predicted molar refractivity (Wildman–Crippen MR) is 113 cm³/mol. The first-order valence-corrected chi connectivity index (χ1v) is 11.1. The summed E-state index contributed by atoms with van der Waals surface area (Å²) >= 11 is 0. The molecule has 1 N–H and O–H groups in total. The molecule has 154 valence electrons. The van der Waals surface area contributed by atoms with Crippen molar-refractivity contribution in [2.45, 2.75) is 10.9 Å². The molecule has 3 aromatic carbocycles. The van der Waals surface area contributed by atoms with Crippen LogP contribution in [0.25, 0.3) is 0 Å². The van der Waals surface area contributed by atoms with Gasteiger partial charge in [0.25, 0.3) is 5.91 Å². The van der Waals surface area contributed by atoms with Crippen molar-refractivity contribution in [2.24, 2.45) is 0 Å². The molecule has 0 aliphatic carbocycles. The monoisotopic (exact) mass is 423 g/mol. The topological polar surface area (TPSA) is 89.5 Å². The van der Waals surface area contributed by atoms with Gasteiger partial charge in [-0.1, -0.05) is 60.7 Å². The Balaban J connectivity index is 1.65. The lowest BCUT2D eigenvalue weighted by molar-refractivity contribution is -0.124. The molecule has 0 aromatic heterocycles. The van der Waals surface area contributed by atoms with Gasteiger partial charge in [0.15, 0.2) is 16.4 Å². The first kappa shape index (κ1) is 21.3. The Labute approximate surface area is 175 Å². The van der Waals surface area contributed by atoms with Crippen LogP contribution in [0.15, 0.2) is 89.8 Å². The van der Waals surface area contributed by atoms with Crippen LogP contribution in [0.3, 0.4) is 0 Å². The number of hydrogen-bond donors (Lipinski definition) is 1. The van der Waals surface area contributed by atoms with Crippen molar-refractivity contribution in [3.8, 4) is 0 Å². The van der Waals surface area contributed by atoms with Gasteiger partial charge in [-0.15, -0.1) is 0 Å². The van der Waals surface area contributed by atoms with Gasteiger partial charge in [-0.25, -0.2) is 13.2 Å². The van der Waals surface area contributed by atoms with Crippen LogP contribution in [0.5, 0.6) is 0 Å². The van der Waals surface area contributed by atoms with Gasteiger partial charge in [0.1, 0.15) is 0 Å². The third-order valence-electron chi connectivity index (χ3n) is 4.42. The number of amides is 1. The molecule has 3 aromatic rings. The summed E-state index contributed by atoms with van der Waals surface area (Å²) in [6.07, 6.45) is 1.08. The SMILES string of the molecule is CS(=O)(=O)c1ccc(C(=O)OCC(=O)NC(c2ccccc2)c2ccccc2)cc1. The Kier molecular flexibility index (Phi) is 6.64. The normalized spacial score (nSPS) is 11.1. The van der Waals surface area contributed by atoms with Crippen LogP contribution in [0.1, 0.15) is 27.5 Å². The summed E-state index contributed by atoms with van der Waals surface area (Å²) in [7, 11) is -3.35. The van der Waals surface area contributed by atoms with Gasteiger partial charge in [-0.3, -0.25) is 4.79 Å². The van der Waals surface area contributed by atoms with Crippen LogP contribution < -0.4 is 5.32 Å². The molecule has 0 bridgehead atoms. The van der Waals surface area contributed by atoms with E-state index < -0.39 is 28.3 Å². The molecule has 0 heterocycles. The molecule has 0 aliphatic rings. The van der Waals surface area contributed by atoms with Gasteiger partial charge in [-0.2, -0.15) is 0 Å². The highest BCUT2D eigenvalue weighted by Crippen LogP contribution is 2.21. The Hall–Kier alpha value is -3.45. The zero-order chi connectivity index (χ0) is 21.6. The molecule has 0 aliphatic heterocycles. The number of ether oxygens (including phenoxy) is 1. The minimum absolute atomic E-state index is 0.102. The van der Waals surface area contributed by atoms with E-state index in [9.17, 15) is 18.0 Å². The lowest BCUT2D eigenvalue weighted by Crippen LogP contribution is -2.33. The van der Waals surface area contributed by atoms with Crippen LogP contribution >= 0.6 is 0 Å². The van der Waals surface area contributed by atoms with Crippen molar-refractivity contribution >= 4 is 21.7 Å². The molecular formula is C23H21NO5S. The van der Waals surface area contributed by atoms with Gasteiger partial charge in [-0.05, 0) is 35.4 Å². The molecule has 0 fully saturated rings. The summed E-state index contributed by atoms with van der Waals surface area (Å²) in [5.41, 5.74) is 1.97. The number of nitrogens with one attached hydrogen (secondary N) is 1. The summed E-state index contributed by atoms with van der Waals surface area (Å²) < 4.78 is 28.1. The molecule has 0 saturated heterocycles. The number of sulfone groups is 1. The van der Waals surface area contributed by atoms with Crippen molar-refractivity contribution in [1.29, 1.82) is 0 Å². The summed E-state index contributed by atoms with van der Waals surface area (Å²) in [4.78, 5) is 24.7. The fourth-order valence-electron chi connectivity index (χ4n) is 2.91. The quantitative estimate of drug-likeness (QED) is 0.590. The van der Waals surface area contributed by atoms with Gasteiger partial charge >= 0.3 is 5.97 Å². The van der Waals surface area contributed by atoms with Crippen LogP contribution in [-0.4, -0.2) is 33.2 Å². The molecule has 0 atom stereocenters. The first-order valence-electron chi connectivity index (χ1n) is 9.21. The minimum Gasteiger partial charge on any atom is -0.452 e. The number of benzene rings is 3. The second-order valence-electron chi connectivity index (χ2n) is 6.69. The molecule has 0 unspecified atom stereocenters. The number of hydrogen-bond acceptors (Lipinski definition) is 5. The van der Waals surface area contributed by atoms with Crippen molar-refractivity contribution in [3.63, 3.8) is 0 Å². The van der Waals surface area contributed by atoms with Crippen LogP contribution in [0, 0.1) is 0 Å². The summed E-state index contributed by atoms with van der Waals surface area (Å²) in [6, 6.07) is 24.0. The predicted octanol–water partition coefficient (Wildman–Crippen LogP) is 3.15. The van der Waals surface area contributed by atoms with Crippen molar-refractivity contribution in [2.75, 3.05) is 12.9 Å². The zero-order valence-corrected chi connectivity index (χ0v) is 17.1. The first-order chi connectivity index (χ1) is 14.3. The van der Waals surface area contributed by atoms with E-state index in [-0.39, 0.29) is 16.5 Å². The largest absolute Gasteiger partial charge is 0.452 e. The van der Waals surface area contributed by atoms with Gasteiger partial charge < -0.3 is 10.1 Å². The average molecular weight is 423 g/mol. The molecular weight excluding hydrogens is 402 g/mol. The molecule has 6 nitrogen and oxygen atoms in total. The maximum atomic E-state index is 12.5. The summed E-state index contributed by atoms with van der Waals surface area (Å²) in [5.74, 6) is -1.16. The lowest BCUT2D eigenvalue weighted by Gasteiger charge is -2.20. The van der Waals surface area contributed by atoms with E-state index in [0.29, 0.717) is 0 Å². The third kappa shape index (κ3) is 5.55. The summed E-state index contributed by atoms with van der Waals surface area (Å²) in [5, 5.41) is 2.89. The van der Waals surface area contributed by atoms with Crippen LogP contribution in [0.4, 0.5) is 0 Å². The van der Waals surface area contributed by atoms with Crippen LogP contribution in [-0.2, 0) is 19.4 Å². The lowest BCUT2D eigenvalue weighted by atomic mass is 9.99. The fourth-order valence-corrected chi connectivity index (χ4v) is 3.54. The van der Waals surface area contributed by atoms with Crippen molar-refractivity contribution in [3.05, 3.63) is 102 Å². The molecule has 0 spiro atoms. The van der Waals surface area contributed by atoms with E-state index in [2.05, 4.69) is 5.32 Å². The number of carbonyl (C=O) groups excluding carboxylic acids is 2. The highest BCUT2D eigenvalue weighted by Gasteiger charge is 2.18. The number of esters is 1. The standard InChI is InChI=1S/C23H21NO5S/c1-30(27,28)20-14-12-19(13-15-20)23(26)29-16-21(25)24-22(17-8-4-2-5-9-17)18-10-6-3-7-11-18/h2-15,22H,16H2,1H3,(H,24,25). The maximum Gasteiger partial charge on any atom is 0.338 e. The van der Waals surface area contributed by atoms with Crippen LogP contribution in [0.2, 0.25) is 0 Å². The van der Waals surface area contributed by atoms with Gasteiger partial charge in [0, 0.05) is 6.26 Å². The molecule has 30 heavy (non-hydrogen) atoms. The van der Waals surface area contributed by atoms with Crippen molar-refractivity contribution in [1.82, 2.24) is 5.32 Å². The van der Waals surface area contributed by atoms with E-state index in [1.54, 1.807) is 0 Å². The number of rotatable bonds is 7. The van der Waals surface area contributed by atoms with E-state index in [4.69, 9.17) is 4.74 Å². The Bertz CT molecular complexity index is 1070. The van der Waals surface area contributed by atoms with Crippen molar-refractivity contribution < 1.29 is 22.7 Å². The maximum absolute atomic E-state index is 12.5. The zero-order valence-electron chi connectivity index (χ0n) is 16.3. The molecule has 0 saturated carbocycles. The minimum atomic E-state index is -3.35. The van der Waals surface area contributed by atoms with Gasteiger partial charge in [0.2, 0.25) is 0 Å². The molecule has 3 rings (SSSR count). The van der Waals surface area contributed by atoms with E-state index in [1.165, 1.54) is 24.3 Å². The smallest absolute Gasteiger partial charge is 0.338 e. The van der Waals surface area contributed by atoms with E-state index >= 15 is 0 Å². The Morgan fingerprint density at radius 1 is 0.833 bits per heavy atom. The highest BCUT2D eigenvalue weighted by molar-refractivity contribution is 7.90. The second-order valence-corrected chi connectivity index (χ2v) is 8.71. The summed E-state index contributed by atoms with van der Waals surface area (Å²) in [6.45, 7) is -0.456. The molecule has 0 radical (unpaired) electrons. The van der Waals surface area contributed by atoms with Gasteiger partial charge in [0.05, 0.1) is 16.5 Å². The van der Waals surface area contributed by atoms with E-state index in [1.807, 2.05) is 60.7 Å². The molecule has 7 heteroatoms. The highest BCUT2D eigenvalue weighted by atomic mass is 32.2. The fraction of sp³-hybridized carbons (Fsp3) is 0.130. The molecule has 1 amide bonds. The third-order valence-corrected chi connectivity index (χ3v) is 5.55. The number of carbonyl (C=O) groups is 2. The Morgan fingerprint density at radius 2 is 1.33 bits per heavy atom.